The second kappa shape index (κ2) is 9.14. The van der Waals surface area contributed by atoms with Gasteiger partial charge < -0.3 is 9.47 Å². The van der Waals surface area contributed by atoms with E-state index in [-0.39, 0.29) is 12.5 Å². The number of para-hydroxylation sites is 2. The van der Waals surface area contributed by atoms with Crippen LogP contribution in [0.4, 0.5) is 5.13 Å². The quantitative estimate of drug-likeness (QED) is 0.414. The van der Waals surface area contributed by atoms with E-state index in [0.29, 0.717) is 23.2 Å². The fraction of sp³-hybridized carbons (Fsp3) is 0.208. The van der Waals surface area contributed by atoms with Gasteiger partial charge in [-0.3, -0.25) is 14.7 Å². The molecule has 0 saturated carbocycles. The molecule has 31 heavy (non-hydrogen) atoms. The third kappa shape index (κ3) is 4.67. The van der Waals surface area contributed by atoms with Crippen molar-refractivity contribution in [1.29, 1.82) is 0 Å². The van der Waals surface area contributed by atoms with Crippen molar-refractivity contribution in [3.05, 3.63) is 77.6 Å². The van der Waals surface area contributed by atoms with Crippen LogP contribution < -0.4 is 14.4 Å². The topological polar surface area (TPSA) is 64.6 Å². The van der Waals surface area contributed by atoms with Gasteiger partial charge in [0.15, 0.2) is 23.2 Å². The number of benzene rings is 2. The molecule has 0 spiro atoms. The smallest absolute Gasteiger partial charge is 0.267 e. The molecule has 0 bridgehead atoms. The molecule has 4 rings (SSSR count). The molecular formula is C24H23N3O3S. The minimum Gasteiger partial charge on any atom is -0.493 e. The number of thiazole rings is 1. The number of carbonyl (C=O) groups excluding carboxylic acids is 1. The Kier molecular flexibility index (Phi) is 6.13. The average molecular weight is 434 g/mol. The maximum absolute atomic E-state index is 13.3. The number of hydrogen-bond acceptors (Lipinski definition) is 6. The molecule has 6 nitrogen and oxygen atoms in total. The minimum absolute atomic E-state index is 0.130. The van der Waals surface area contributed by atoms with E-state index in [1.165, 1.54) is 16.9 Å². The minimum atomic E-state index is -0.191. The van der Waals surface area contributed by atoms with Gasteiger partial charge in [-0.05, 0) is 54.8 Å². The summed E-state index contributed by atoms with van der Waals surface area (Å²) in [7, 11) is 1.57. The molecule has 0 unspecified atom stereocenters. The molecule has 2 aromatic heterocycles. The Morgan fingerprint density at radius 2 is 1.90 bits per heavy atom. The van der Waals surface area contributed by atoms with Crippen molar-refractivity contribution in [3.8, 4) is 11.5 Å². The number of pyridine rings is 1. The van der Waals surface area contributed by atoms with Gasteiger partial charge in [0.2, 0.25) is 0 Å². The second-order valence-corrected chi connectivity index (χ2v) is 8.21. The lowest BCUT2D eigenvalue weighted by Gasteiger charge is -2.20. The van der Waals surface area contributed by atoms with Crippen LogP contribution in [0.2, 0.25) is 0 Å². The normalized spacial score (nSPS) is 10.8. The Morgan fingerprint density at radius 3 is 2.65 bits per heavy atom. The lowest BCUT2D eigenvalue weighted by atomic mass is 10.1. The number of rotatable bonds is 7. The van der Waals surface area contributed by atoms with E-state index in [2.05, 4.69) is 24.0 Å². The second-order valence-electron chi connectivity index (χ2n) is 7.21. The SMILES string of the molecule is COc1ccccc1OCC(=O)N(Cc1cccnc1)c1nc2c(C)cc(C)cc2s1. The van der Waals surface area contributed by atoms with E-state index in [1.807, 2.05) is 31.2 Å². The summed E-state index contributed by atoms with van der Waals surface area (Å²) in [6.07, 6.45) is 3.47. The monoisotopic (exact) mass is 433 g/mol. The number of nitrogens with zero attached hydrogens (tertiary/aromatic N) is 3. The largest absolute Gasteiger partial charge is 0.493 e. The van der Waals surface area contributed by atoms with E-state index in [9.17, 15) is 4.79 Å². The Hall–Kier alpha value is -3.45. The van der Waals surface area contributed by atoms with Gasteiger partial charge >= 0.3 is 0 Å². The summed E-state index contributed by atoms with van der Waals surface area (Å²) in [5, 5.41) is 0.640. The number of amides is 1. The molecule has 0 radical (unpaired) electrons. The summed E-state index contributed by atoms with van der Waals surface area (Å²) in [6.45, 7) is 4.33. The van der Waals surface area contributed by atoms with Crippen molar-refractivity contribution < 1.29 is 14.3 Å². The average Bonchev–Trinajstić information content (AvgIpc) is 3.20. The molecule has 0 fully saturated rings. The molecule has 0 aliphatic heterocycles. The molecular weight excluding hydrogens is 410 g/mol. The number of anilines is 1. The molecule has 0 aliphatic rings. The maximum Gasteiger partial charge on any atom is 0.267 e. The van der Waals surface area contributed by atoms with Crippen molar-refractivity contribution >= 4 is 32.6 Å². The molecule has 2 aromatic carbocycles. The predicted molar refractivity (Wildman–Crippen MR) is 123 cm³/mol. The van der Waals surface area contributed by atoms with Crippen molar-refractivity contribution in [2.45, 2.75) is 20.4 Å². The van der Waals surface area contributed by atoms with E-state index in [1.54, 1.807) is 36.5 Å². The van der Waals surface area contributed by atoms with Crippen molar-refractivity contribution in [2.24, 2.45) is 0 Å². The van der Waals surface area contributed by atoms with Crippen LogP contribution in [0.3, 0.4) is 0 Å². The zero-order valence-electron chi connectivity index (χ0n) is 17.7. The number of hydrogen-bond donors (Lipinski definition) is 0. The summed E-state index contributed by atoms with van der Waals surface area (Å²) in [4.78, 5) is 23.9. The maximum atomic E-state index is 13.3. The Balaban J connectivity index is 1.64. The Morgan fingerprint density at radius 1 is 1.10 bits per heavy atom. The fourth-order valence-corrected chi connectivity index (χ4v) is 4.52. The zero-order chi connectivity index (χ0) is 21.8. The first kappa shape index (κ1) is 20.8. The van der Waals surface area contributed by atoms with Gasteiger partial charge in [0.25, 0.3) is 5.91 Å². The van der Waals surface area contributed by atoms with E-state index < -0.39 is 0 Å². The highest BCUT2D eigenvalue weighted by Gasteiger charge is 2.22. The number of fused-ring (bicyclic) bond motifs is 1. The number of aryl methyl sites for hydroxylation is 2. The van der Waals surface area contributed by atoms with Crippen LogP contribution in [0, 0.1) is 13.8 Å². The highest BCUT2D eigenvalue weighted by Crippen LogP contribution is 2.33. The van der Waals surface area contributed by atoms with Crippen LogP contribution in [-0.2, 0) is 11.3 Å². The van der Waals surface area contributed by atoms with Crippen LogP contribution in [0.1, 0.15) is 16.7 Å². The van der Waals surface area contributed by atoms with Crippen LogP contribution in [0.15, 0.2) is 60.9 Å². The highest BCUT2D eigenvalue weighted by molar-refractivity contribution is 7.22. The van der Waals surface area contributed by atoms with Gasteiger partial charge in [-0.25, -0.2) is 4.98 Å². The summed E-state index contributed by atoms with van der Waals surface area (Å²) >= 11 is 1.50. The lowest BCUT2D eigenvalue weighted by molar-refractivity contribution is -0.120. The fourth-order valence-electron chi connectivity index (χ4n) is 3.37. The van der Waals surface area contributed by atoms with Gasteiger partial charge in [-0.1, -0.05) is 35.6 Å². The first-order chi connectivity index (χ1) is 15.0. The van der Waals surface area contributed by atoms with Gasteiger partial charge in [-0.15, -0.1) is 0 Å². The summed E-state index contributed by atoms with van der Waals surface area (Å²) in [6, 6.07) is 15.3. The number of ether oxygens (including phenoxy) is 2. The summed E-state index contributed by atoms with van der Waals surface area (Å²) in [5.41, 5.74) is 4.10. The van der Waals surface area contributed by atoms with Gasteiger partial charge in [-0.2, -0.15) is 0 Å². The molecule has 1 amide bonds. The number of methoxy groups -OCH3 is 1. The van der Waals surface area contributed by atoms with E-state index >= 15 is 0 Å². The number of carbonyl (C=O) groups is 1. The molecule has 0 atom stereocenters. The van der Waals surface area contributed by atoms with Crippen molar-refractivity contribution in [1.82, 2.24) is 9.97 Å². The van der Waals surface area contributed by atoms with Gasteiger partial charge in [0.1, 0.15) is 0 Å². The Bertz CT molecular complexity index is 1210. The van der Waals surface area contributed by atoms with Crippen LogP contribution in [0.5, 0.6) is 11.5 Å². The Labute approximate surface area is 185 Å². The molecule has 0 N–H and O–H groups in total. The zero-order valence-corrected chi connectivity index (χ0v) is 18.5. The van der Waals surface area contributed by atoms with Crippen molar-refractivity contribution in [3.63, 3.8) is 0 Å². The summed E-state index contributed by atoms with van der Waals surface area (Å²) < 4.78 is 12.2. The van der Waals surface area contributed by atoms with Gasteiger partial charge in [0.05, 0.1) is 23.9 Å². The van der Waals surface area contributed by atoms with Crippen LogP contribution >= 0.6 is 11.3 Å². The lowest BCUT2D eigenvalue weighted by Crippen LogP contribution is -2.34. The van der Waals surface area contributed by atoms with Crippen LogP contribution in [-0.4, -0.2) is 29.6 Å². The molecule has 0 saturated heterocycles. The van der Waals surface area contributed by atoms with Crippen LogP contribution in [0.25, 0.3) is 10.2 Å². The van der Waals surface area contributed by atoms with E-state index in [4.69, 9.17) is 14.5 Å². The molecule has 2 heterocycles. The number of aromatic nitrogens is 2. The van der Waals surface area contributed by atoms with Gasteiger partial charge in [0, 0.05) is 12.4 Å². The third-order valence-corrected chi connectivity index (χ3v) is 5.86. The molecule has 7 heteroatoms. The first-order valence-corrected chi connectivity index (χ1v) is 10.7. The molecule has 0 aliphatic carbocycles. The molecule has 158 valence electrons. The third-order valence-electron chi connectivity index (χ3n) is 4.83. The van der Waals surface area contributed by atoms with Crippen molar-refractivity contribution in [2.75, 3.05) is 18.6 Å². The van der Waals surface area contributed by atoms with E-state index in [0.717, 1.165) is 21.3 Å². The standard InChI is InChI=1S/C24H23N3O3S/c1-16-11-17(2)23-21(12-16)31-24(26-23)27(14-18-7-6-10-25-13-18)22(28)15-30-20-9-5-4-8-19(20)29-3/h4-13H,14-15H2,1-3H3. The highest BCUT2D eigenvalue weighted by atomic mass is 32.1. The predicted octanol–water partition coefficient (Wildman–Crippen LogP) is 4.93. The molecule has 4 aromatic rings. The summed E-state index contributed by atoms with van der Waals surface area (Å²) in [5.74, 6) is 0.916. The first-order valence-electron chi connectivity index (χ1n) is 9.88.